The molecule has 0 bridgehead atoms. The molecule has 0 aromatic rings. The summed E-state index contributed by atoms with van der Waals surface area (Å²) in [6.45, 7) is 0. The molecule has 0 heterocycles. The van der Waals surface area contributed by atoms with E-state index in [1.807, 2.05) is 0 Å². The lowest BCUT2D eigenvalue weighted by atomic mass is 9.82. The van der Waals surface area contributed by atoms with E-state index >= 15 is 0 Å². The Morgan fingerprint density at radius 3 is 3.00 bits per heavy atom. The molecule has 0 radical (unpaired) electrons. The fourth-order valence-corrected chi connectivity index (χ4v) is 3.04. The maximum Gasteiger partial charge on any atom is 0.133 e. The number of fused-ring (bicyclic) bond motifs is 1. The van der Waals surface area contributed by atoms with Crippen LogP contribution in [0.25, 0.3) is 0 Å². The van der Waals surface area contributed by atoms with Gasteiger partial charge in [-0.2, -0.15) is 0 Å². The second kappa shape index (κ2) is 4.43. The van der Waals surface area contributed by atoms with Crippen LogP contribution in [0.5, 0.6) is 0 Å². The van der Waals surface area contributed by atoms with Crippen LogP contribution < -0.4 is 0 Å². The van der Waals surface area contributed by atoms with Crippen LogP contribution in [0.2, 0.25) is 0 Å². The van der Waals surface area contributed by atoms with Crippen LogP contribution in [0.4, 0.5) is 0 Å². The van der Waals surface area contributed by atoms with E-state index in [-0.39, 0.29) is 11.9 Å². The molecular formula is C12H20O2. The highest BCUT2D eigenvalue weighted by molar-refractivity contribution is 5.78. The Hall–Kier alpha value is -0.370. The molecule has 2 fully saturated rings. The van der Waals surface area contributed by atoms with Crippen molar-refractivity contribution in [1.82, 2.24) is 0 Å². The Morgan fingerprint density at radius 1 is 1.36 bits per heavy atom. The van der Waals surface area contributed by atoms with Crippen molar-refractivity contribution < 1.29 is 10.9 Å². The molecule has 14 heavy (non-hydrogen) atoms. The molecule has 80 valence electrons. The molecule has 0 amide bonds. The molecular weight excluding hydrogens is 176 g/mol. The molecule has 2 nitrogen and oxygen atoms in total. The number of ketones is 1. The van der Waals surface area contributed by atoms with Crippen molar-refractivity contribution in [2.45, 2.75) is 51.0 Å². The van der Waals surface area contributed by atoms with Crippen molar-refractivity contribution in [2.24, 2.45) is 11.8 Å². The highest BCUT2D eigenvalue weighted by Crippen LogP contribution is 2.40. The average Bonchev–Trinajstić information content (AvgIpc) is 2.68. The largest absolute Gasteiger partial charge is 0.381 e. The van der Waals surface area contributed by atoms with Gasteiger partial charge >= 0.3 is 0 Å². The highest BCUT2D eigenvalue weighted by Gasteiger charge is 2.35. The molecule has 4 atom stereocenters. The topological polar surface area (TPSA) is 26.3 Å². The molecule has 2 heteroatoms. The molecule has 0 aliphatic heterocycles. The second-order valence-electron chi connectivity index (χ2n) is 4.57. The Morgan fingerprint density at radius 2 is 2.21 bits per heavy atom. The zero-order chi connectivity index (χ0) is 10.8. The Labute approximate surface area is 87.4 Å². The van der Waals surface area contributed by atoms with Gasteiger partial charge in [-0.15, -0.1) is 0 Å². The van der Waals surface area contributed by atoms with Gasteiger partial charge in [0.1, 0.15) is 5.78 Å². The van der Waals surface area contributed by atoms with Crippen molar-refractivity contribution >= 4 is 5.78 Å². The Bertz CT molecular complexity index is 242. The normalized spacial score (nSPS) is 45.2. The number of ether oxygens (including phenoxy) is 1. The van der Waals surface area contributed by atoms with Gasteiger partial charge < -0.3 is 4.74 Å². The van der Waals surface area contributed by atoms with E-state index < -0.39 is 6.40 Å². The fourth-order valence-electron chi connectivity index (χ4n) is 3.04. The first kappa shape index (κ1) is 8.90. The van der Waals surface area contributed by atoms with Crippen molar-refractivity contribution in [3.05, 3.63) is 0 Å². The minimum absolute atomic E-state index is 0.113. The molecule has 2 aliphatic carbocycles. The number of carbonyl (C=O) groups excluding carboxylic acids is 1. The van der Waals surface area contributed by atoms with E-state index in [0.717, 1.165) is 6.42 Å². The minimum atomic E-state index is -0.545. The van der Waals surface area contributed by atoms with E-state index in [1.165, 1.54) is 19.3 Å². The summed E-state index contributed by atoms with van der Waals surface area (Å²) in [5, 5.41) is 0. The van der Waals surface area contributed by atoms with Crippen LogP contribution in [-0.4, -0.2) is 19.0 Å². The number of methoxy groups -OCH3 is 1. The van der Waals surface area contributed by atoms with Crippen LogP contribution >= 0.6 is 0 Å². The first-order valence-electron chi connectivity index (χ1n) is 6.28. The maximum atomic E-state index is 11.6. The number of hydrogen-bond donors (Lipinski definition) is 0. The van der Waals surface area contributed by atoms with Gasteiger partial charge in [0.05, 0.1) is 6.10 Å². The first-order valence-corrected chi connectivity index (χ1v) is 5.70. The van der Waals surface area contributed by atoms with E-state index in [0.29, 0.717) is 24.7 Å². The lowest BCUT2D eigenvalue weighted by Gasteiger charge is -2.29. The lowest BCUT2D eigenvalue weighted by Crippen LogP contribution is -2.29. The van der Waals surface area contributed by atoms with Gasteiger partial charge in [0.15, 0.2) is 0 Å². The highest BCUT2D eigenvalue weighted by atomic mass is 16.5. The van der Waals surface area contributed by atoms with Crippen LogP contribution in [0.1, 0.15) is 46.3 Å². The minimum Gasteiger partial charge on any atom is -0.381 e. The van der Waals surface area contributed by atoms with Crippen LogP contribution in [0.15, 0.2) is 0 Å². The van der Waals surface area contributed by atoms with Crippen LogP contribution in [0.3, 0.4) is 0 Å². The number of carbonyl (C=O) groups is 1. The zero-order valence-corrected chi connectivity index (χ0v) is 8.87. The van der Waals surface area contributed by atoms with E-state index in [9.17, 15) is 4.79 Å². The van der Waals surface area contributed by atoms with Gasteiger partial charge in [-0.1, -0.05) is 12.8 Å². The van der Waals surface area contributed by atoms with Gasteiger partial charge in [-0.25, -0.2) is 0 Å². The molecule has 2 rings (SSSR count). The van der Waals surface area contributed by atoms with Crippen molar-refractivity contribution in [1.29, 1.82) is 0 Å². The van der Waals surface area contributed by atoms with Gasteiger partial charge in [-0.05, 0) is 31.1 Å². The summed E-state index contributed by atoms with van der Waals surface area (Å²) < 4.78 is 13.3. The lowest BCUT2D eigenvalue weighted by molar-refractivity contribution is -0.121. The number of hydrogen-bond acceptors (Lipinski definition) is 2. The molecule has 2 aliphatic rings. The summed E-state index contributed by atoms with van der Waals surface area (Å²) in [5.74, 6) is 1.39. The molecule has 2 saturated carbocycles. The van der Waals surface area contributed by atoms with E-state index in [4.69, 9.17) is 6.11 Å². The number of Topliss-reactive ketones (excluding diaryl/α,β-unsaturated/α-hetero) is 1. The van der Waals surface area contributed by atoms with Crippen molar-refractivity contribution in [3.63, 3.8) is 0 Å². The van der Waals surface area contributed by atoms with E-state index in [2.05, 4.69) is 0 Å². The van der Waals surface area contributed by atoms with Crippen LogP contribution in [-0.2, 0) is 9.53 Å². The smallest absolute Gasteiger partial charge is 0.133 e. The molecule has 0 spiro atoms. The van der Waals surface area contributed by atoms with Crippen LogP contribution in [0, 0.1) is 11.8 Å². The third-order valence-corrected chi connectivity index (χ3v) is 3.84. The zero-order valence-electron chi connectivity index (χ0n) is 9.87. The Kier molecular flexibility index (Phi) is 2.82. The standard InChI is InChI=1S/C12H20O2/c1-14-12-8-7-10(13)6-5-9-3-2-4-11(9)12/h9,11-12H,2-8H2,1H3/t9-,11+,12+/m1/s1/i7D/t7?,9-,11+,12+. The van der Waals surface area contributed by atoms with E-state index in [1.54, 1.807) is 7.11 Å². The summed E-state index contributed by atoms with van der Waals surface area (Å²) in [7, 11) is 1.72. The molecule has 0 aromatic carbocycles. The molecule has 0 aromatic heterocycles. The predicted octanol–water partition coefficient (Wildman–Crippen LogP) is 2.56. The van der Waals surface area contributed by atoms with Crippen molar-refractivity contribution in [3.8, 4) is 0 Å². The first-order chi connectivity index (χ1) is 7.22. The maximum absolute atomic E-state index is 11.6. The summed E-state index contributed by atoms with van der Waals surface area (Å²) in [6, 6.07) is 0. The third-order valence-electron chi connectivity index (χ3n) is 3.84. The molecule has 0 saturated heterocycles. The van der Waals surface area contributed by atoms with Gasteiger partial charge in [0.25, 0.3) is 0 Å². The van der Waals surface area contributed by atoms with Gasteiger partial charge in [0, 0.05) is 21.3 Å². The van der Waals surface area contributed by atoms with Gasteiger partial charge in [0.2, 0.25) is 0 Å². The average molecular weight is 197 g/mol. The quantitative estimate of drug-likeness (QED) is 0.645. The summed E-state index contributed by atoms with van der Waals surface area (Å²) in [5.41, 5.74) is 0. The second-order valence-corrected chi connectivity index (χ2v) is 4.57. The predicted molar refractivity (Wildman–Crippen MR) is 55.1 cm³/mol. The third kappa shape index (κ3) is 2.00. The fraction of sp³-hybridized carbons (Fsp3) is 0.917. The van der Waals surface area contributed by atoms with Crippen molar-refractivity contribution in [2.75, 3.05) is 7.11 Å². The monoisotopic (exact) mass is 197 g/mol. The molecule has 1 unspecified atom stereocenters. The summed E-state index contributed by atoms with van der Waals surface area (Å²) in [6.07, 6.45) is 5.55. The number of rotatable bonds is 1. The summed E-state index contributed by atoms with van der Waals surface area (Å²) >= 11 is 0. The Balaban J connectivity index is 2.10. The SMILES string of the molecule is [2H]C1C[C@H](OC)[C@H]2CCC[C@@H]2CCC1=O. The summed E-state index contributed by atoms with van der Waals surface area (Å²) in [4.78, 5) is 11.6. The van der Waals surface area contributed by atoms with Gasteiger partial charge in [-0.3, -0.25) is 4.79 Å². The molecule has 0 N–H and O–H groups in total.